The standard InChI is InChI=1S/C24H27N3O3S/c1-17-3-8-22(29-2)21(13-17)26-23(28)14-20-16-31-24(25-20)19-6-4-18(5-7-19)15-27-9-11-30-12-10-27/h3-8,13,16H,9-12,14-15H2,1-2H3,(H,26,28). The number of aromatic nitrogens is 1. The molecule has 31 heavy (non-hydrogen) atoms. The lowest BCUT2D eigenvalue weighted by Gasteiger charge is -2.26. The van der Waals surface area contributed by atoms with Crippen LogP contribution in [0, 0.1) is 6.92 Å². The van der Waals surface area contributed by atoms with Gasteiger partial charge in [-0.25, -0.2) is 4.98 Å². The summed E-state index contributed by atoms with van der Waals surface area (Å²) in [5.74, 6) is 0.539. The maximum absolute atomic E-state index is 12.5. The first-order chi connectivity index (χ1) is 15.1. The van der Waals surface area contributed by atoms with E-state index < -0.39 is 0 Å². The lowest BCUT2D eigenvalue weighted by molar-refractivity contribution is -0.115. The molecule has 0 radical (unpaired) electrons. The Morgan fingerprint density at radius 1 is 1.19 bits per heavy atom. The minimum absolute atomic E-state index is 0.110. The fourth-order valence-electron chi connectivity index (χ4n) is 3.57. The lowest BCUT2D eigenvalue weighted by Crippen LogP contribution is -2.35. The Balaban J connectivity index is 1.36. The van der Waals surface area contributed by atoms with Crippen molar-refractivity contribution in [3.8, 4) is 16.3 Å². The number of amides is 1. The average molecular weight is 438 g/mol. The predicted molar refractivity (Wildman–Crippen MR) is 124 cm³/mol. The highest BCUT2D eigenvalue weighted by atomic mass is 32.1. The molecule has 1 saturated heterocycles. The molecule has 1 amide bonds. The largest absolute Gasteiger partial charge is 0.495 e. The molecule has 2 heterocycles. The summed E-state index contributed by atoms with van der Waals surface area (Å²) in [6.45, 7) is 6.50. The molecule has 3 aromatic rings. The highest BCUT2D eigenvalue weighted by Crippen LogP contribution is 2.27. The van der Waals surface area contributed by atoms with Crippen molar-refractivity contribution in [1.29, 1.82) is 0 Å². The van der Waals surface area contributed by atoms with Gasteiger partial charge in [0.25, 0.3) is 0 Å². The summed E-state index contributed by atoms with van der Waals surface area (Å²) < 4.78 is 10.7. The van der Waals surface area contributed by atoms with Crippen molar-refractivity contribution in [3.05, 3.63) is 64.7 Å². The third-order valence-corrected chi connectivity index (χ3v) is 6.17. The van der Waals surface area contributed by atoms with Crippen LogP contribution in [0.15, 0.2) is 47.8 Å². The Morgan fingerprint density at radius 2 is 1.97 bits per heavy atom. The molecule has 0 saturated carbocycles. The Labute approximate surface area is 186 Å². The number of carbonyl (C=O) groups is 1. The second kappa shape index (κ2) is 10.0. The van der Waals surface area contributed by atoms with Crippen LogP contribution in [0.1, 0.15) is 16.8 Å². The molecule has 1 aromatic heterocycles. The number of aryl methyl sites for hydroxylation is 1. The van der Waals surface area contributed by atoms with Crippen molar-refractivity contribution in [3.63, 3.8) is 0 Å². The Morgan fingerprint density at radius 3 is 2.71 bits per heavy atom. The summed E-state index contributed by atoms with van der Waals surface area (Å²) in [7, 11) is 1.60. The van der Waals surface area contributed by atoms with Gasteiger partial charge in [0.2, 0.25) is 5.91 Å². The number of hydrogen-bond donors (Lipinski definition) is 1. The molecule has 1 aliphatic heterocycles. The number of carbonyl (C=O) groups excluding carboxylic acids is 1. The van der Waals surface area contributed by atoms with Gasteiger partial charge in [-0.15, -0.1) is 11.3 Å². The van der Waals surface area contributed by atoms with Gasteiger partial charge in [0.1, 0.15) is 10.8 Å². The second-order valence-corrected chi connectivity index (χ2v) is 8.52. The number of ether oxygens (including phenoxy) is 2. The van der Waals surface area contributed by atoms with Gasteiger partial charge < -0.3 is 14.8 Å². The zero-order valence-electron chi connectivity index (χ0n) is 17.9. The normalized spacial score (nSPS) is 14.4. The van der Waals surface area contributed by atoms with Crippen molar-refractivity contribution in [2.45, 2.75) is 19.9 Å². The summed E-state index contributed by atoms with van der Waals surface area (Å²) in [6.07, 6.45) is 0.225. The van der Waals surface area contributed by atoms with Crippen molar-refractivity contribution < 1.29 is 14.3 Å². The van der Waals surface area contributed by atoms with E-state index in [0.29, 0.717) is 11.4 Å². The molecular formula is C24H27N3O3S. The van der Waals surface area contributed by atoms with E-state index in [9.17, 15) is 4.79 Å². The van der Waals surface area contributed by atoms with Gasteiger partial charge in [-0.05, 0) is 30.2 Å². The number of benzene rings is 2. The third-order valence-electron chi connectivity index (χ3n) is 5.23. The van der Waals surface area contributed by atoms with E-state index >= 15 is 0 Å². The number of hydrogen-bond acceptors (Lipinski definition) is 6. The van der Waals surface area contributed by atoms with Crippen molar-refractivity contribution in [2.75, 3.05) is 38.7 Å². The second-order valence-electron chi connectivity index (χ2n) is 7.66. The van der Waals surface area contributed by atoms with Gasteiger partial charge in [-0.3, -0.25) is 9.69 Å². The number of nitrogens with one attached hydrogen (secondary N) is 1. The molecule has 1 aliphatic rings. The van der Waals surface area contributed by atoms with Crippen LogP contribution in [0.3, 0.4) is 0 Å². The summed E-state index contributed by atoms with van der Waals surface area (Å²) in [5.41, 5.74) is 4.86. The number of thiazole rings is 1. The van der Waals surface area contributed by atoms with Crippen LogP contribution in [0.2, 0.25) is 0 Å². The smallest absolute Gasteiger partial charge is 0.230 e. The van der Waals surface area contributed by atoms with Crippen LogP contribution in [-0.2, 0) is 22.5 Å². The third kappa shape index (κ3) is 5.70. The van der Waals surface area contributed by atoms with E-state index in [4.69, 9.17) is 9.47 Å². The van der Waals surface area contributed by atoms with E-state index in [1.54, 1.807) is 18.4 Å². The molecule has 1 N–H and O–H groups in total. The quantitative estimate of drug-likeness (QED) is 0.602. The van der Waals surface area contributed by atoms with Gasteiger partial charge in [0.05, 0.1) is 38.1 Å². The Hall–Kier alpha value is -2.74. The Kier molecular flexibility index (Phi) is 6.96. The van der Waals surface area contributed by atoms with Crippen LogP contribution in [-0.4, -0.2) is 49.2 Å². The minimum atomic E-state index is -0.110. The Bertz CT molecular complexity index is 1030. The first-order valence-corrected chi connectivity index (χ1v) is 11.3. The van der Waals surface area contributed by atoms with Crippen LogP contribution in [0.25, 0.3) is 10.6 Å². The summed E-state index contributed by atoms with van der Waals surface area (Å²) in [6, 6.07) is 14.2. The maximum Gasteiger partial charge on any atom is 0.230 e. The highest BCUT2D eigenvalue weighted by Gasteiger charge is 2.13. The van der Waals surface area contributed by atoms with Crippen LogP contribution in [0.4, 0.5) is 5.69 Å². The summed E-state index contributed by atoms with van der Waals surface area (Å²) >= 11 is 1.56. The molecule has 1 fully saturated rings. The molecular weight excluding hydrogens is 410 g/mol. The van der Waals surface area contributed by atoms with Gasteiger partial charge in [-0.2, -0.15) is 0 Å². The fraction of sp³-hybridized carbons (Fsp3) is 0.333. The van der Waals surface area contributed by atoms with Crippen molar-refractivity contribution in [2.24, 2.45) is 0 Å². The molecule has 4 rings (SSSR count). The number of rotatable bonds is 7. The molecule has 2 aromatic carbocycles. The zero-order chi connectivity index (χ0) is 21.6. The van der Waals surface area contributed by atoms with E-state index in [-0.39, 0.29) is 12.3 Å². The molecule has 0 bridgehead atoms. The number of nitrogens with zero attached hydrogens (tertiary/aromatic N) is 2. The summed E-state index contributed by atoms with van der Waals surface area (Å²) in [5, 5.41) is 5.81. The average Bonchev–Trinajstić information content (AvgIpc) is 3.23. The highest BCUT2D eigenvalue weighted by molar-refractivity contribution is 7.13. The molecule has 7 heteroatoms. The van der Waals surface area contributed by atoms with Gasteiger partial charge in [-0.1, -0.05) is 30.3 Å². The van der Waals surface area contributed by atoms with Crippen LogP contribution in [0.5, 0.6) is 5.75 Å². The predicted octanol–water partition coefficient (Wildman–Crippen LogP) is 4.14. The van der Waals surface area contributed by atoms with Crippen LogP contribution < -0.4 is 10.1 Å². The molecule has 0 aliphatic carbocycles. The minimum Gasteiger partial charge on any atom is -0.495 e. The topological polar surface area (TPSA) is 63.7 Å². The number of morpholine rings is 1. The van der Waals surface area contributed by atoms with Gasteiger partial charge in [0.15, 0.2) is 0 Å². The molecule has 0 atom stereocenters. The van der Waals surface area contributed by atoms with Gasteiger partial charge >= 0.3 is 0 Å². The monoisotopic (exact) mass is 437 g/mol. The molecule has 0 unspecified atom stereocenters. The van der Waals surface area contributed by atoms with Crippen molar-refractivity contribution >= 4 is 22.9 Å². The summed E-state index contributed by atoms with van der Waals surface area (Å²) in [4.78, 5) is 19.6. The fourth-order valence-corrected chi connectivity index (χ4v) is 4.40. The SMILES string of the molecule is COc1ccc(C)cc1NC(=O)Cc1csc(-c2ccc(CN3CCOCC3)cc2)n1. The van der Waals surface area contributed by atoms with E-state index in [1.807, 2.05) is 30.5 Å². The first-order valence-electron chi connectivity index (χ1n) is 10.4. The zero-order valence-corrected chi connectivity index (χ0v) is 18.7. The van der Waals surface area contributed by atoms with Crippen LogP contribution >= 0.6 is 11.3 Å². The van der Waals surface area contributed by atoms with E-state index in [1.165, 1.54) is 5.56 Å². The van der Waals surface area contributed by atoms with E-state index in [2.05, 4.69) is 39.5 Å². The molecule has 6 nitrogen and oxygen atoms in total. The maximum atomic E-state index is 12.5. The first kappa shape index (κ1) is 21.5. The van der Waals surface area contributed by atoms with Gasteiger partial charge in [0, 0.05) is 30.6 Å². The molecule has 162 valence electrons. The lowest BCUT2D eigenvalue weighted by atomic mass is 10.1. The number of anilines is 1. The van der Waals surface area contributed by atoms with E-state index in [0.717, 1.165) is 54.7 Å². The molecule has 0 spiro atoms. The van der Waals surface area contributed by atoms with Crippen molar-refractivity contribution in [1.82, 2.24) is 9.88 Å². The number of methoxy groups -OCH3 is 1.